The summed E-state index contributed by atoms with van der Waals surface area (Å²) in [7, 11) is -3.17. The third-order valence-electron chi connectivity index (χ3n) is 2.48. The molecule has 2 aromatic rings. The molecule has 0 fully saturated rings. The Balaban J connectivity index is 2.46. The van der Waals surface area contributed by atoms with Gasteiger partial charge < -0.3 is 0 Å². The molecule has 0 aliphatic carbocycles. The topological polar surface area (TPSA) is 34.1 Å². The summed E-state index contributed by atoms with van der Waals surface area (Å²) in [5.74, 6) is 0. The van der Waals surface area contributed by atoms with Crippen LogP contribution in [0.1, 0.15) is 0 Å². The molecular weight excluding hydrogens is 291 g/mol. The Kier molecular flexibility index (Phi) is 3.66. The van der Waals surface area contributed by atoms with E-state index in [9.17, 15) is 8.42 Å². The maximum atomic E-state index is 11.3. The second kappa shape index (κ2) is 4.92. The molecule has 0 amide bonds. The quantitative estimate of drug-likeness (QED) is 0.838. The first-order chi connectivity index (χ1) is 8.36. The average molecular weight is 301 g/mol. The van der Waals surface area contributed by atoms with Gasteiger partial charge >= 0.3 is 0 Å². The van der Waals surface area contributed by atoms with Gasteiger partial charge in [0.25, 0.3) is 0 Å². The third kappa shape index (κ3) is 3.05. The number of sulfone groups is 1. The van der Waals surface area contributed by atoms with Gasteiger partial charge in [0.05, 0.1) is 4.90 Å². The van der Waals surface area contributed by atoms with Crippen molar-refractivity contribution < 1.29 is 8.42 Å². The summed E-state index contributed by atoms with van der Waals surface area (Å²) >= 11 is 11.8. The average Bonchev–Trinajstić information content (AvgIpc) is 2.27. The first-order valence-corrected chi connectivity index (χ1v) is 7.77. The van der Waals surface area contributed by atoms with Crippen molar-refractivity contribution in [3.63, 3.8) is 0 Å². The minimum Gasteiger partial charge on any atom is -0.224 e. The van der Waals surface area contributed by atoms with E-state index in [4.69, 9.17) is 23.2 Å². The molecule has 0 radical (unpaired) electrons. The van der Waals surface area contributed by atoms with Crippen LogP contribution in [0.5, 0.6) is 0 Å². The monoisotopic (exact) mass is 300 g/mol. The molecule has 2 aromatic carbocycles. The highest BCUT2D eigenvalue weighted by Gasteiger charge is 2.07. The molecule has 0 bridgehead atoms. The molecule has 0 aromatic heterocycles. The smallest absolute Gasteiger partial charge is 0.175 e. The minimum absolute atomic E-state index is 0.291. The molecule has 0 spiro atoms. The fraction of sp³-hybridized carbons (Fsp3) is 0.0769. The highest BCUT2D eigenvalue weighted by Crippen LogP contribution is 2.27. The molecule has 0 unspecified atom stereocenters. The predicted molar refractivity (Wildman–Crippen MR) is 75.0 cm³/mol. The summed E-state index contributed by atoms with van der Waals surface area (Å²) < 4.78 is 22.7. The maximum absolute atomic E-state index is 11.3. The molecule has 2 nitrogen and oxygen atoms in total. The fourth-order valence-corrected chi connectivity index (χ4v) is 2.77. The van der Waals surface area contributed by atoms with Gasteiger partial charge in [0.15, 0.2) is 9.84 Å². The number of rotatable bonds is 2. The van der Waals surface area contributed by atoms with Crippen molar-refractivity contribution in [3.8, 4) is 11.1 Å². The van der Waals surface area contributed by atoms with Gasteiger partial charge in [-0.1, -0.05) is 35.3 Å². The lowest BCUT2D eigenvalue weighted by molar-refractivity contribution is 0.602. The van der Waals surface area contributed by atoms with E-state index >= 15 is 0 Å². The van der Waals surface area contributed by atoms with E-state index in [1.165, 1.54) is 6.26 Å². The third-order valence-corrected chi connectivity index (χ3v) is 4.04. The van der Waals surface area contributed by atoms with Crippen LogP contribution in [0.4, 0.5) is 0 Å². The van der Waals surface area contributed by atoms with Crippen LogP contribution in [0.15, 0.2) is 47.4 Å². The van der Waals surface area contributed by atoms with Crippen molar-refractivity contribution in [2.45, 2.75) is 4.90 Å². The lowest BCUT2D eigenvalue weighted by Gasteiger charge is -2.05. The van der Waals surface area contributed by atoms with Crippen LogP contribution in [-0.2, 0) is 9.84 Å². The highest BCUT2D eigenvalue weighted by atomic mass is 35.5. The number of hydrogen-bond donors (Lipinski definition) is 0. The van der Waals surface area contributed by atoms with Crippen LogP contribution < -0.4 is 0 Å². The summed E-state index contributed by atoms with van der Waals surface area (Å²) in [6.45, 7) is 0. The Morgan fingerprint density at radius 2 is 1.33 bits per heavy atom. The summed E-state index contributed by atoms with van der Waals surface area (Å²) in [5, 5.41) is 1.09. The second-order valence-corrected chi connectivity index (χ2v) is 6.84. The van der Waals surface area contributed by atoms with Gasteiger partial charge in [-0.25, -0.2) is 8.42 Å². The molecule has 0 heterocycles. The Morgan fingerprint density at radius 3 is 1.78 bits per heavy atom. The van der Waals surface area contributed by atoms with Gasteiger partial charge in [-0.15, -0.1) is 0 Å². The largest absolute Gasteiger partial charge is 0.224 e. The molecule has 0 atom stereocenters. The summed E-state index contributed by atoms with van der Waals surface area (Å²) in [4.78, 5) is 0.291. The molecule has 0 saturated carbocycles. The van der Waals surface area contributed by atoms with Crippen molar-refractivity contribution >= 4 is 33.0 Å². The molecular formula is C13H10Cl2O2S. The lowest BCUT2D eigenvalue weighted by atomic mass is 10.1. The first-order valence-electron chi connectivity index (χ1n) is 5.13. The van der Waals surface area contributed by atoms with E-state index in [-0.39, 0.29) is 0 Å². The van der Waals surface area contributed by atoms with Crippen LogP contribution in [0.3, 0.4) is 0 Å². The van der Waals surface area contributed by atoms with Crippen molar-refractivity contribution in [1.29, 1.82) is 0 Å². The first kappa shape index (κ1) is 13.4. The molecule has 0 aliphatic heterocycles. The Labute approximate surface area is 116 Å². The molecule has 94 valence electrons. The van der Waals surface area contributed by atoms with Crippen LogP contribution in [0.2, 0.25) is 10.0 Å². The Morgan fingerprint density at radius 1 is 0.833 bits per heavy atom. The Bertz CT molecular complexity index is 656. The SMILES string of the molecule is CS(=O)(=O)c1ccc(-c2cc(Cl)cc(Cl)c2)cc1. The van der Waals surface area contributed by atoms with Crippen molar-refractivity contribution in [2.75, 3.05) is 6.26 Å². The van der Waals surface area contributed by atoms with E-state index in [2.05, 4.69) is 0 Å². The van der Waals surface area contributed by atoms with Gasteiger partial charge in [0.2, 0.25) is 0 Å². The van der Waals surface area contributed by atoms with E-state index in [0.717, 1.165) is 11.1 Å². The van der Waals surface area contributed by atoms with E-state index in [1.54, 1.807) is 42.5 Å². The highest BCUT2D eigenvalue weighted by molar-refractivity contribution is 7.90. The standard InChI is InChI=1S/C13H10Cl2O2S/c1-18(16,17)13-4-2-9(3-5-13)10-6-11(14)8-12(15)7-10/h2-8H,1H3. The predicted octanol–water partition coefficient (Wildman–Crippen LogP) is 4.06. The zero-order chi connectivity index (χ0) is 13.3. The van der Waals surface area contributed by atoms with Crippen molar-refractivity contribution in [2.24, 2.45) is 0 Å². The molecule has 0 N–H and O–H groups in total. The summed E-state index contributed by atoms with van der Waals surface area (Å²) in [6.07, 6.45) is 1.18. The zero-order valence-corrected chi connectivity index (χ0v) is 11.9. The molecule has 0 saturated heterocycles. The molecule has 2 rings (SSSR count). The van der Waals surface area contributed by atoms with Crippen LogP contribution in [0.25, 0.3) is 11.1 Å². The van der Waals surface area contributed by atoms with Crippen molar-refractivity contribution in [3.05, 3.63) is 52.5 Å². The maximum Gasteiger partial charge on any atom is 0.175 e. The van der Waals surface area contributed by atoms with Gasteiger partial charge in [0, 0.05) is 16.3 Å². The van der Waals surface area contributed by atoms with E-state index in [0.29, 0.717) is 14.9 Å². The van der Waals surface area contributed by atoms with Gasteiger partial charge in [-0.2, -0.15) is 0 Å². The van der Waals surface area contributed by atoms with E-state index in [1.807, 2.05) is 0 Å². The van der Waals surface area contributed by atoms with Crippen LogP contribution >= 0.6 is 23.2 Å². The second-order valence-electron chi connectivity index (χ2n) is 3.95. The Hall–Kier alpha value is -1.03. The van der Waals surface area contributed by atoms with Crippen molar-refractivity contribution in [1.82, 2.24) is 0 Å². The number of benzene rings is 2. The number of hydrogen-bond acceptors (Lipinski definition) is 2. The summed E-state index contributed by atoms with van der Waals surface area (Å²) in [5.41, 5.74) is 1.72. The molecule has 5 heteroatoms. The number of halogens is 2. The fourth-order valence-electron chi connectivity index (χ4n) is 1.62. The minimum atomic E-state index is -3.17. The molecule has 0 aliphatic rings. The summed E-state index contributed by atoms with van der Waals surface area (Å²) in [6, 6.07) is 11.8. The zero-order valence-electron chi connectivity index (χ0n) is 9.52. The van der Waals surface area contributed by atoms with Crippen LogP contribution in [-0.4, -0.2) is 14.7 Å². The van der Waals surface area contributed by atoms with E-state index < -0.39 is 9.84 Å². The van der Waals surface area contributed by atoms with Gasteiger partial charge in [0.1, 0.15) is 0 Å². The van der Waals surface area contributed by atoms with Crippen LogP contribution in [0, 0.1) is 0 Å². The normalized spacial score (nSPS) is 11.5. The van der Waals surface area contributed by atoms with Gasteiger partial charge in [-0.3, -0.25) is 0 Å². The van der Waals surface area contributed by atoms with Gasteiger partial charge in [-0.05, 0) is 41.5 Å². The molecule has 18 heavy (non-hydrogen) atoms. The lowest BCUT2D eigenvalue weighted by Crippen LogP contribution is -1.96.